The Morgan fingerprint density at radius 3 is 2.43 bits per heavy atom. The number of nitrogens with two attached hydrogens (primary N) is 1. The Kier molecular flexibility index (Phi) is 4.39. The predicted molar refractivity (Wildman–Crippen MR) is 75.4 cm³/mol. The van der Waals surface area contributed by atoms with Crippen LogP contribution in [0.1, 0.15) is 12.8 Å². The van der Waals surface area contributed by atoms with Gasteiger partial charge in [-0.25, -0.2) is 25.9 Å². The van der Waals surface area contributed by atoms with Gasteiger partial charge in [-0.2, -0.15) is 0 Å². The van der Waals surface area contributed by atoms with Crippen LogP contribution < -0.4 is 10.5 Å². The van der Waals surface area contributed by atoms with Crippen LogP contribution in [-0.2, 0) is 19.9 Å². The second kappa shape index (κ2) is 5.64. The largest absolute Gasteiger partial charge is 0.326 e. The molecule has 1 aliphatic rings. The van der Waals surface area contributed by atoms with Gasteiger partial charge in [-0.15, -0.1) is 0 Å². The first-order chi connectivity index (χ1) is 9.61. The maximum atomic E-state index is 13.7. The van der Waals surface area contributed by atoms with Gasteiger partial charge in [0.25, 0.3) is 0 Å². The van der Waals surface area contributed by atoms with Crippen molar-refractivity contribution in [3.05, 3.63) is 24.0 Å². The zero-order valence-corrected chi connectivity index (χ0v) is 13.0. The second-order valence-corrected chi connectivity index (χ2v) is 8.97. The summed E-state index contributed by atoms with van der Waals surface area (Å²) >= 11 is 0. The number of nitrogens with one attached hydrogen (secondary N) is 1. The van der Waals surface area contributed by atoms with Crippen molar-refractivity contribution in [2.75, 3.05) is 12.8 Å². The molecule has 1 aromatic carbocycles. The van der Waals surface area contributed by atoms with Crippen molar-refractivity contribution in [1.29, 1.82) is 0 Å². The smallest absolute Gasteiger partial charge is 0.240 e. The van der Waals surface area contributed by atoms with E-state index in [1.54, 1.807) is 0 Å². The molecule has 6 nitrogen and oxygen atoms in total. The molecular formula is C12H17FN2O4S2. The molecule has 0 spiro atoms. The van der Waals surface area contributed by atoms with Crippen molar-refractivity contribution >= 4 is 19.9 Å². The molecule has 1 fully saturated rings. The van der Waals surface area contributed by atoms with Crippen molar-refractivity contribution in [1.82, 2.24) is 4.72 Å². The lowest BCUT2D eigenvalue weighted by molar-refractivity contribution is 0.543. The van der Waals surface area contributed by atoms with Crippen LogP contribution in [0, 0.1) is 11.7 Å². The standard InChI is InChI=1S/C12H17FN2O4S2/c1-20(16,17)12-5-4-9(6-10(12)13)21(18,19)15-7-11(14)8-2-3-8/h4-6,8,11,15H,2-3,7,14H2,1H3. The SMILES string of the molecule is CS(=O)(=O)c1ccc(S(=O)(=O)NCC(N)C2CC2)cc1F. The van der Waals surface area contributed by atoms with Crippen molar-refractivity contribution in [3.63, 3.8) is 0 Å². The van der Waals surface area contributed by atoms with Crippen molar-refractivity contribution < 1.29 is 21.2 Å². The van der Waals surface area contributed by atoms with Gasteiger partial charge < -0.3 is 5.73 Å². The molecule has 0 radical (unpaired) electrons. The summed E-state index contributed by atoms with van der Waals surface area (Å²) < 4.78 is 62.6. The lowest BCUT2D eigenvalue weighted by Gasteiger charge is -2.12. The third-order valence-electron chi connectivity index (χ3n) is 3.35. The minimum absolute atomic E-state index is 0.0719. The highest BCUT2D eigenvalue weighted by atomic mass is 32.2. The van der Waals surface area contributed by atoms with E-state index in [2.05, 4.69) is 4.72 Å². The predicted octanol–water partition coefficient (Wildman–Crippen LogP) is 0.245. The molecule has 3 N–H and O–H groups in total. The van der Waals surface area contributed by atoms with Crippen LogP contribution in [0.15, 0.2) is 28.0 Å². The maximum absolute atomic E-state index is 13.7. The maximum Gasteiger partial charge on any atom is 0.240 e. The summed E-state index contributed by atoms with van der Waals surface area (Å²) in [5.41, 5.74) is 5.80. The van der Waals surface area contributed by atoms with Gasteiger partial charge in [-0.05, 0) is 37.0 Å². The Hall–Kier alpha value is -1.03. The molecule has 0 heterocycles. The highest BCUT2D eigenvalue weighted by Crippen LogP contribution is 2.31. The molecule has 0 amide bonds. The van der Waals surface area contributed by atoms with Gasteiger partial charge in [-0.1, -0.05) is 0 Å². The van der Waals surface area contributed by atoms with Gasteiger partial charge in [0.2, 0.25) is 10.0 Å². The lowest BCUT2D eigenvalue weighted by Crippen LogP contribution is -2.38. The van der Waals surface area contributed by atoms with E-state index in [9.17, 15) is 21.2 Å². The van der Waals surface area contributed by atoms with E-state index in [-0.39, 0.29) is 17.5 Å². The number of halogens is 1. The summed E-state index contributed by atoms with van der Waals surface area (Å²) in [7, 11) is -7.65. The van der Waals surface area contributed by atoms with Gasteiger partial charge in [0.15, 0.2) is 9.84 Å². The molecule has 0 bridgehead atoms. The number of benzene rings is 1. The fourth-order valence-electron chi connectivity index (χ4n) is 1.93. The molecular weight excluding hydrogens is 319 g/mol. The number of sulfone groups is 1. The second-order valence-electron chi connectivity index (χ2n) is 5.22. The van der Waals surface area contributed by atoms with Gasteiger partial charge in [-0.3, -0.25) is 0 Å². The quantitative estimate of drug-likeness (QED) is 0.774. The number of hydrogen-bond acceptors (Lipinski definition) is 5. The van der Waals surface area contributed by atoms with Crippen LogP contribution in [0.25, 0.3) is 0 Å². The highest BCUT2D eigenvalue weighted by Gasteiger charge is 2.29. The summed E-state index contributed by atoms with van der Waals surface area (Å²) in [6.07, 6.45) is 2.83. The van der Waals surface area contributed by atoms with E-state index < -0.39 is 30.6 Å². The van der Waals surface area contributed by atoms with E-state index in [4.69, 9.17) is 5.73 Å². The van der Waals surface area contributed by atoms with Crippen LogP contribution in [0.5, 0.6) is 0 Å². The van der Waals surface area contributed by atoms with Gasteiger partial charge in [0, 0.05) is 18.8 Å². The zero-order chi connectivity index (χ0) is 15.8. The molecule has 1 saturated carbocycles. The van der Waals surface area contributed by atoms with Crippen molar-refractivity contribution in [3.8, 4) is 0 Å². The highest BCUT2D eigenvalue weighted by molar-refractivity contribution is 7.90. The van der Waals surface area contributed by atoms with Crippen molar-refractivity contribution in [2.24, 2.45) is 11.7 Å². The molecule has 1 aliphatic carbocycles. The molecule has 2 rings (SSSR count). The van der Waals surface area contributed by atoms with Gasteiger partial charge >= 0.3 is 0 Å². The van der Waals surface area contributed by atoms with E-state index in [1.807, 2.05) is 0 Å². The Balaban J connectivity index is 2.18. The molecule has 118 valence electrons. The monoisotopic (exact) mass is 336 g/mol. The van der Waals surface area contributed by atoms with Gasteiger partial charge in [0.05, 0.1) is 4.90 Å². The third-order valence-corrected chi connectivity index (χ3v) is 5.90. The van der Waals surface area contributed by atoms with Gasteiger partial charge in [0.1, 0.15) is 10.7 Å². The number of hydrogen-bond donors (Lipinski definition) is 2. The summed E-state index contributed by atoms with van der Waals surface area (Å²) in [5, 5.41) is 0. The Labute approximate surface area is 123 Å². The Bertz CT molecular complexity index is 743. The Morgan fingerprint density at radius 2 is 1.95 bits per heavy atom. The fourth-order valence-corrected chi connectivity index (χ4v) is 3.74. The number of sulfonamides is 1. The minimum Gasteiger partial charge on any atom is -0.326 e. The first-order valence-electron chi connectivity index (χ1n) is 6.36. The summed E-state index contributed by atoms with van der Waals surface area (Å²) in [6.45, 7) is 0.0719. The van der Waals surface area contributed by atoms with Crippen LogP contribution in [0.4, 0.5) is 4.39 Å². The third kappa shape index (κ3) is 4.00. The van der Waals surface area contributed by atoms with Crippen LogP contribution in [0.2, 0.25) is 0 Å². The average molecular weight is 336 g/mol. The van der Waals surface area contributed by atoms with Crippen LogP contribution >= 0.6 is 0 Å². The summed E-state index contributed by atoms with van der Waals surface area (Å²) in [4.78, 5) is -0.855. The summed E-state index contributed by atoms with van der Waals surface area (Å²) in [5.74, 6) is -0.760. The zero-order valence-electron chi connectivity index (χ0n) is 11.4. The molecule has 0 saturated heterocycles. The van der Waals surface area contributed by atoms with Crippen molar-refractivity contribution in [2.45, 2.75) is 28.7 Å². The first-order valence-corrected chi connectivity index (χ1v) is 9.73. The molecule has 1 unspecified atom stereocenters. The number of rotatable bonds is 6. The fraction of sp³-hybridized carbons (Fsp3) is 0.500. The molecule has 0 aliphatic heterocycles. The molecule has 21 heavy (non-hydrogen) atoms. The molecule has 0 aromatic heterocycles. The topological polar surface area (TPSA) is 106 Å². The first kappa shape index (κ1) is 16.3. The Morgan fingerprint density at radius 1 is 1.33 bits per heavy atom. The van der Waals surface area contributed by atoms with E-state index >= 15 is 0 Å². The van der Waals surface area contributed by atoms with E-state index in [1.165, 1.54) is 0 Å². The van der Waals surface area contributed by atoms with Crippen LogP contribution in [0.3, 0.4) is 0 Å². The normalized spacial score (nSPS) is 17.7. The molecule has 9 heteroatoms. The van der Waals surface area contributed by atoms with Crippen LogP contribution in [-0.4, -0.2) is 35.7 Å². The summed E-state index contributed by atoms with van der Waals surface area (Å²) in [6, 6.07) is 2.44. The van der Waals surface area contributed by atoms with E-state index in [0.29, 0.717) is 12.0 Å². The minimum atomic E-state index is -3.91. The lowest BCUT2D eigenvalue weighted by atomic mass is 10.2. The average Bonchev–Trinajstić information content (AvgIpc) is 3.18. The molecule has 1 atom stereocenters. The molecule has 1 aromatic rings. The van der Waals surface area contributed by atoms with E-state index in [0.717, 1.165) is 31.2 Å².